The van der Waals surface area contributed by atoms with Crippen molar-refractivity contribution < 1.29 is 22.3 Å². The molecule has 0 unspecified atom stereocenters. The van der Waals surface area contributed by atoms with Crippen LogP contribution in [0, 0.1) is 11.7 Å². The molecule has 2 heterocycles. The second-order valence-electron chi connectivity index (χ2n) is 6.81. The fourth-order valence-corrected chi connectivity index (χ4v) is 3.38. The van der Waals surface area contributed by atoms with E-state index in [1.807, 2.05) is 0 Å². The Morgan fingerprint density at radius 3 is 2.64 bits per heavy atom. The molecule has 0 radical (unpaired) electrons. The molecule has 2 aromatic heterocycles. The molecule has 1 aliphatic carbocycles. The van der Waals surface area contributed by atoms with Crippen molar-refractivity contribution in [2.75, 3.05) is 6.61 Å². The minimum absolute atomic E-state index is 0.0353. The normalized spacial score (nSPS) is 14.6. The average Bonchev–Trinajstić information content (AvgIpc) is 3.35. The van der Waals surface area contributed by atoms with E-state index in [4.69, 9.17) is 16.3 Å². The van der Waals surface area contributed by atoms with Gasteiger partial charge in [0.2, 0.25) is 0 Å². The molecule has 0 N–H and O–H groups in total. The third-order valence-corrected chi connectivity index (χ3v) is 5.09. The van der Waals surface area contributed by atoms with Crippen LogP contribution in [0.25, 0.3) is 5.65 Å². The van der Waals surface area contributed by atoms with Crippen LogP contribution in [0.5, 0.6) is 5.75 Å². The van der Waals surface area contributed by atoms with Gasteiger partial charge in [-0.3, -0.25) is 4.40 Å². The number of aromatic nitrogens is 3. The number of fused-ring (bicyclic) bond motifs is 1. The van der Waals surface area contributed by atoms with Gasteiger partial charge in [0.05, 0.1) is 6.61 Å². The zero-order valence-electron chi connectivity index (χ0n) is 14.6. The molecule has 1 aliphatic rings. The maximum atomic E-state index is 13.8. The maximum Gasteiger partial charge on any atom is 0.423 e. The smallest absolute Gasteiger partial charge is 0.423 e. The van der Waals surface area contributed by atoms with Crippen molar-refractivity contribution in [3.05, 3.63) is 58.3 Å². The SMILES string of the molecule is Fc1cccc(Cl)c1CCOc1ccn2c(CC3CC3)nnc2c1C(F)(F)F. The van der Waals surface area contributed by atoms with Crippen LogP contribution >= 0.6 is 11.6 Å². The predicted molar refractivity (Wildman–Crippen MR) is 95.0 cm³/mol. The summed E-state index contributed by atoms with van der Waals surface area (Å²) in [6.07, 6.45) is -0.440. The first-order chi connectivity index (χ1) is 13.3. The van der Waals surface area contributed by atoms with Crippen LogP contribution in [0.15, 0.2) is 30.5 Å². The molecule has 148 valence electrons. The monoisotopic (exact) mass is 413 g/mol. The Hall–Kier alpha value is -2.35. The van der Waals surface area contributed by atoms with Crippen molar-refractivity contribution in [3.8, 4) is 5.75 Å². The van der Waals surface area contributed by atoms with Gasteiger partial charge in [0.1, 0.15) is 23.0 Å². The second-order valence-corrected chi connectivity index (χ2v) is 7.22. The minimum atomic E-state index is -4.67. The molecule has 0 bridgehead atoms. The third-order valence-electron chi connectivity index (χ3n) is 4.73. The van der Waals surface area contributed by atoms with Gasteiger partial charge in [-0.25, -0.2) is 4.39 Å². The molecule has 0 spiro atoms. The van der Waals surface area contributed by atoms with Crippen molar-refractivity contribution in [3.63, 3.8) is 0 Å². The minimum Gasteiger partial charge on any atom is -0.492 e. The summed E-state index contributed by atoms with van der Waals surface area (Å²) in [5.41, 5.74) is -1.07. The molecule has 0 atom stereocenters. The van der Waals surface area contributed by atoms with Crippen LogP contribution in [0.4, 0.5) is 17.6 Å². The number of benzene rings is 1. The van der Waals surface area contributed by atoms with E-state index < -0.39 is 17.6 Å². The van der Waals surface area contributed by atoms with E-state index in [1.165, 1.54) is 34.9 Å². The fourth-order valence-electron chi connectivity index (χ4n) is 3.13. The van der Waals surface area contributed by atoms with Crippen LogP contribution in [0.3, 0.4) is 0 Å². The van der Waals surface area contributed by atoms with Crippen molar-refractivity contribution in [2.45, 2.75) is 31.9 Å². The van der Waals surface area contributed by atoms with Gasteiger partial charge >= 0.3 is 6.18 Å². The largest absolute Gasteiger partial charge is 0.492 e. The number of hydrogen-bond acceptors (Lipinski definition) is 3. The van der Waals surface area contributed by atoms with Crippen LogP contribution in [0.2, 0.25) is 5.02 Å². The number of halogens is 5. The first-order valence-electron chi connectivity index (χ1n) is 8.84. The molecular formula is C19H16ClF4N3O. The Bertz CT molecular complexity index is 994. The van der Waals surface area contributed by atoms with E-state index in [-0.39, 0.29) is 35.0 Å². The summed E-state index contributed by atoms with van der Waals surface area (Å²) < 4.78 is 61.6. The van der Waals surface area contributed by atoms with Crippen LogP contribution in [0.1, 0.15) is 29.8 Å². The second kappa shape index (κ2) is 7.24. The van der Waals surface area contributed by atoms with Crippen molar-refractivity contribution >= 4 is 17.2 Å². The predicted octanol–water partition coefficient (Wildman–Crippen LogP) is 5.11. The van der Waals surface area contributed by atoms with Crippen LogP contribution in [-0.2, 0) is 19.0 Å². The topological polar surface area (TPSA) is 39.4 Å². The molecule has 28 heavy (non-hydrogen) atoms. The standard InChI is InChI=1S/C19H16ClF4N3O/c20-13-2-1-3-14(21)12(13)7-9-28-15-6-8-27-16(10-11-4-5-11)25-26-18(27)17(15)19(22,23)24/h1-3,6,8,11H,4-5,7,9-10H2. The zero-order valence-corrected chi connectivity index (χ0v) is 15.4. The fraction of sp³-hybridized carbons (Fsp3) is 0.368. The number of hydrogen-bond donors (Lipinski definition) is 0. The van der Waals surface area contributed by atoms with E-state index in [1.54, 1.807) is 0 Å². The van der Waals surface area contributed by atoms with Crippen molar-refractivity contribution in [1.82, 2.24) is 14.6 Å². The Morgan fingerprint density at radius 1 is 1.18 bits per heavy atom. The lowest BCUT2D eigenvalue weighted by molar-refractivity contribution is -0.138. The van der Waals surface area contributed by atoms with Gasteiger partial charge in [-0.15, -0.1) is 10.2 Å². The van der Waals surface area contributed by atoms with Gasteiger partial charge in [0.15, 0.2) is 5.65 Å². The van der Waals surface area contributed by atoms with Gasteiger partial charge in [-0.1, -0.05) is 17.7 Å². The molecule has 4 rings (SSSR count). The number of nitrogens with zero attached hydrogens (tertiary/aromatic N) is 3. The van der Waals surface area contributed by atoms with E-state index >= 15 is 0 Å². The maximum absolute atomic E-state index is 13.8. The lowest BCUT2D eigenvalue weighted by Crippen LogP contribution is -2.13. The Kier molecular flexibility index (Phi) is 4.91. The molecule has 1 saturated carbocycles. The summed E-state index contributed by atoms with van der Waals surface area (Å²) in [6.45, 7) is -0.164. The molecule has 0 amide bonds. The molecule has 3 aromatic rings. The van der Waals surface area contributed by atoms with Gasteiger partial charge in [0.25, 0.3) is 0 Å². The number of alkyl halides is 3. The Labute approximate surface area is 163 Å². The van der Waals surface area contributed by atoms with E-state index in [0.717, 1.165) is 12.8 Å². The highest BCUT2D eigenvalue weighted by molar-refractivity contribution is 6.31. The van der Waals surface area contributed by atoms with Gasteiger partial charge in [-0.2, -0.15) is 13.2 Å². The molecule has 0 saturated heterocycles. The van der Waals surface area contributed by atoms with E-state index in [9.17, 15) is 17.6 Å². The van der Waals surface area contributed by atoms with E-state index in [0.29, 0.717) is 18.2 Å². The van der Waals surface area contributed by atoms with Crippen LogP contribution in [-0.4, -0.2) is 21.2 Å². The van der Waals surface area contributed by atoms with Crippen LogP contribution < -0.4 is 4.74 Å². The van der Waals surface area contributed by atoms with Gasteiger partial charge < -0.3 is 4.74 Å². The summed E-state index contributed by atoms with van der Waals surface area (Å²) in [4.78, 5) is 0. The average molecular weight is 414 g/mol. The van der Waals surface area contributed by atoms with Crippen molar-refractivity contribution in [1.29, 1.82) is 0 Å². The van der Waals surface area contributed by atoms with Gasteiger partial charge in [0, 0.05) is 29.6 Å². The summed E-state index contributed by atoms with van der Waals surface area (Å²) in [5, 5.41) is 7.89. The number of rotatable bonds is 6. The molecule has 4 nitrogen and oxygen atoms in total. The Morgan fingerprint density at radius 2 is 1.96 bits per heavy atom. The lowest BCUT2D eigenvalue weighted by atomic mass is 10.1. The van der Waals surface area contributed by atoms with Gasteiger partial charge in [-0.05, 0) is 37.0 Å². The molecule has 0 aliphatic heterocycles. The highest BCUT2D eigenvalue weighted by Gasteiger charge is 2.39. The van der Waals surface area contributed by atoms with Crippen molar-refractivity contribution in [2.24, 2.45) is 5.92 Å². The number of ether oxygens (including phenoxy) is 1. The molecule has 1 aromatic carbocycles. The zero-order chi connectivity index (χ0) is 19.9. The summed E-state index contributed by atoms with van der Waals surface area (Å²) >= 11 is 5.95. The molecule has 1 fully saturated rings. The Balaban J connectivity index is 1.61. The molecular weight excluding hydrogens is 398 g/mol. The first-order valence-corrected chi connectivity index (χ1v) is 9.22. The third kappa shape index (κ3) is 3.78. The van der Waals surface area contributed by atoms with E-state index in [2.05, 4.69) is 10.2 Å². The quantitative estimate of drug-likeness (QED) is 0.527. The summed E-state index contributed by atoms with van der Waals surface area (Å²) in [7, 11) is 0. The first kappa shape index (κ1) is 19.0. The summed E-state index contributed by atoms with van der Waals surface area (Å²) in [6, 6.07) is 5.47. The lowest BCUT2D eigenvalue weighted by Gasteiger charge is -2.15. The number of pyridine rings is 1. The highest BCUT2D eigenvalue weighted by atomic mass is 35.5. The highest BCUT2D eigenvalue weighted by Crippen LogP contribution is 2.39. The summed E-state index contributed by atoms with van der Waals surface area (Å²) in [5.74, 6) is 0.0819. The molecule has 9 heteroatoms.